The highest BCUT2D eigenvalue weighted by molar-refractivity contribution is 5.96. The average Bonchev–Trinajstić information content (AvgIpc) is 2.85. The van der Waals surface area contributed by atoms with Crippen LogP contribution in [-0.2, 0) is 28.4 Å². The van der Waals surface area contributed by atoms with Crippen LogP contribution in [0.4, 0.5) is 37.7 Å². The zero-order chi connectivity index (χ0) is 27.2. The molecule has 0 bridgehead atoms. The summed E-state index contributed by atoms with van der Waals surface area (Å²) in [6.45, 7) is 3.97. The van der Waals surface area contributed by atoms with E-state index in [0.29, 0.717) is 52.6 Å². The average molecular weight is 535 g/mol. The lowest BCUT2D eigenvalue weighted by Crippen LogP contribution is -2.41. The number of nitrogen functional groups attached to an aromatic ring is 2. The summed E-state index contributed by atoms with van der Waals surface area (Å²) in [5.41, 5.74) is 9.14. The molecule has 2 heterocycles. The number of ether oxygens (including phenoxy) is 2. The minimum absolute atomic E-state index is 0.0224. The molecular weight excluding hydrogens is 506 g/mol. The summed E-state index contributed by atoms with van der Waals surface area (Å²) < 4.78 is 87.6. The predicted octanol–water partition coefficient (Wildman–Crippen LogP) is 3.88. The number of nitrogens with zero attached hydrogens (tertiary/aromatic N) is 2. The van der Waals surface area contributed by atoms with Gasteiger partial charge in [-0.05, 0) is 35.9 Å². The number of carbonyl (C=O) groups excluding carboxylic acids is 1. The zero-order valence-corrected chi connectivity index (χ0v) is 19.9. The first-order valence-corrected chi connectivity index (χ1v) is 11.5. The molecule has 0 saturated carbocycles. The minimum atomic E-state index is -4.60. The van der Waals surface area contributed by atoms with E-state index >= 15 is 0 Å². The Bertz CT molecular complexity index is 1070. The Balaban J connectivity index is 0.000000206. The fourth-order valence-electron chi connectivity index (χ4n) is 3.92. The van der Waals surface area contributed by atoms with Crippen molar-refractivity contribution in [1.82, 2.24) is 9.80 Å². The highest BCUT2D eigenvalue weighted by Gasteiger charge is 2.37. The van der Waals surface area contributed by atoms with Crippen LogP contribution < -0.4 is 11.5 Å². The molecule has 0 atom stereocenters. The second-order valence-corrected chi connectivity index (χ2v) is 8.51. The molecule has 2 fully saturated rings. The number of halogens is 6. The van der Waals surface area contributed by atoms with Crippen LogP contribution in [0, 0.1) is 0 Å². The first-order valence-electron chi connectivity index (χ1n) is 11.5. The molecule has 13 heteroatoms. The van der Waals surface area contributed by atoms with Gasteiger partial charge in [0.15, 0.2) is 0 Å². The molecule has 2 aliphatic rings. The first kappa shape index (κ1) is 28.5. The van der Waals surface area contributed by atoms with Crippen molar-refractivity contribution in [1.29, 1.82) is 0 Å². The van der Waals surface area contributed by atoms with E-state index < -0.39 is 29.4 Å². The van der Waals surface area contributed by atoms with Crippen molar-refractivity contribution in [3.63, 3.8) is 0 Å². The molecule has 0 aromatic heterocycles. The number of benzene rings is 2. The van der Waals surface area contributed by atoms with Crippen molar-refractivity contribution in [2.45, 2.75) is 18.9 Å². The fourth-order valence-corrected chi connectivity index (χ4v) is 3.92. The maximum absolute atomic E-state index is 12.9. The van der Waals surface area contributed by atoms with Crippen LogP contribution in [0.2, 0.25) is 0 Å². The van der Waals surface area contributed by atoms with Gasteiger partial charge in [0.25, 0.3) is 5.91 Å². The fraction of sp³-hybridized carbons (Fsp3) is 0.458. The number of nitrogens with two attached hydrogens (primary N) is 2. The van der Waals surface area contributed by atoms with Crippen LogP contribution in [0.3, 0.4) is 0 Å². The van der Waals surface area contributed by atoms with Gasteiger partial charge in [-0.25, -0.2) is 0 Å². The van der Waals surface area contributed by atoms with Crippen LogP contribution in [0.15, 0.2) is 36.4 Å². The molecule has 7 nitrogen and oxygen atoms in total. The molecule has 0 radical (unpaired) electrons. The van der Waals surface area contributed by atoms with Crippen molar-refractivity contribution in [3.8, 4) is 0 Å². The van der Waals surface area contributed by atoms with Gasteiger partial charge in [0, 0.05) is 44.1 Å². The smallest absolute Gasteiger partial charge is 0.399 e. The summed E-state index contributed by atoms with van der Waals surface area (Å²) in [4.78, 5) is 15.4. The summed E-state index contributed by atoms with van der Waals surface area (Å²) in [5.74, 6) is -0.643. The van der Waals surface area contributed by atoms with Crippen molar-refractivity contribution < 1.29 is 40.6 Å². The van der Waals surface area contributed by atoms with Crippen LogP contribution in [-0.4, -0.2) is 68.3 Å². The number of hydrogen-bond acceptors (Lipinski definition) is 6. The molecule has 0 unspecified atom stereocenters. The number of amides is 1. The maximum Gasteiger partial charge on any atom is 0.417 e. The molecule has 204 valence electrons. The summed E-state index contributed by atoms with van der Waals surface area (Å²) in [7, 11) is 0. The van der Waals surface area contributed by atoms with Gasteiger partial charge in [0.2, 0.25) is 0 Å². The first-order chi connectivity index (χ1) is 17.4. The number of rotatable bonds is 3. The number of carbonyl (C=O) groups is 1. The normalized spacial score (nSPS) is 17.2. The molecule has 2 aliphatic heterocycles. The van der Waals surface area contributed by atoms with Crippen molar-refractivity contribution in [3.05, 3.63) is 58.7 Å². The Morgan fingerprint density at radius 2 is 1.24 bits per heavy atom. The highest BCUT2D eigenvalue weighted by atomic mass is 19.4. The van der Waals surface area contributed by atoms with Gasteiger partial charge in [-0.2, -0.15) is 26.3 Å². The SMILES string of the molecule is Nc1ccc(C(=O)N2CCOCC2)c(C(F)(F)F)c1.Nc1ccc(CN2CCOCC2)c(C(F)(F)F)c1. The van der Waals surface area contributed by atoms with Gasteiger partial charge in [-0.3, -0.25) is 9.69 Å². The lowest BCUT2D eigenvalue weighted by Gasteiger charge is -2.27. The molecule has 37 heavy (non-hydrogen) atoms. The highest BCUT2D eigenvalue weighted by Crippen LogP contribution is 2.35. The Hall–Kier alpha value is -3.03. The van der Waals surface area contributed by atoms with E-state index in [1.54, 1.807) is 0 Å². The lowest BCUT2D eigenvalue weighted by atomic mass is 10.0. The number of morpholine rings is 2. The van der Waals surface area contributed by atoms with Gasteiger partial charge in [-0.15, -0.1) is 0 Å². The molecular formula is C24H28F6N4O3. The number of alkyl halides is 6. The predicted molar refractivity (Wildman–Crippen MR) is 125 cm³/mol. The van der Waals surface area contributed by atoms with Crippen LogP contribution >= 0.6 is 0 Å². The molecule has 2 saturated heterocycles. The molecule has 2 aromatic rings. The molecule has 4 N–H and O–H groups in total. The van der Waals surface area contributed by atoms with E-state index in [4.69, 9.17) is 20.9 Å². The van der Waals surface area contributed by atoms with Gasteiger partial charge < -0.3 is 25.8 Å². The van der Waals surface area contributed by atoms with Crippen LogP contribution in [0.25, 0.3) is 0 Å². The van der Waals surface area contributed by atoms with E-state index in [1.165, 1.54) is 23.1 Å². The van der Waals surface area contributed by atoms with E-state index in [2.05, 4.69) is 0 Å². The quantitative estimate of drug-likeness (QED) is 0.459. The minimum Gasteiger partial charge on any atom is -0.399 e. The van der Waals surface area contributed by atoms with Crippen molar-refractivity contribution >= 4 is 17.3 Å². The molecule has 4 rings (SSSR count). The zero-order valence-electron chi connectivity index (χ0n) is 19.9. The van der Waals surface area contributed by atoms with E-state index in [-0.39, 0.29) is 29.0 Å². The Morgan fingerprint density at radius 3 is 1.78 bits per heavy atom. The molecule has 2 aromatic carbocycles. The van der Waals surface area contributed by atoms with Gasteiger partial charge >= 0.3 is 12.4 Å². The summed E-state index contributed by atoms with van der Waals surface area (Å²) in [6, 6.07) is 7.15. The van der Waals surface area contributed by atoms with Crippen LogP contribution in [0.1, 0.15) is 27.0 Å². The van der Waals surface area contributed by atoms with Gasteiger partial charge in [0.05, 0.1) is 43.1 Å². The van der Waals surface area contributed by atoms with Gasteiger partial charge in [0.1, 0.15) is 0 Å². The van der Waals surface area contributed by atoms with Gasteiger partial charge in [-0.1, -0.05) is 6.07 Å². The number of anilines is 2. The standard InChI is InChI=1S/C12H13F3N2O2.C12H15F3N2O/c13-12(14,15)10-7-8(16)1-2-9(10)11(18)17-3-5-19-6-4-17;13-12(14,15)11-7-10(16)2-1-9(11)8-17-3-5-18-6-4-17/h1-2,7H,3-6,16H2;1-2,7H,3-6,8,16H2. The summed E-state index contributed by atoms with van der Waals surface area (Å²) in [5, 5.41) is 0. The third-order valence-electron chi connectivity index (χ3n) is 5.81. The molecule has 0 aliphatic carbocycles. The summed E-state index contributed by atoms with van der Waals surface area (Å²) >= 11 is 0. The number of hydrogen-bond donors (Lipinski definition) is 2. The monoisotopic (exact) mass is 534 g/mol. The Morgan fingerprint density at radius 1 is 0.757 bits per heavy atom. The second kappa shape index (κ2) is 12.0. The van der Waals surface area contributed by atoms with E-state index in [9.17, 15) is 31.1 Å². The van der Waals surface area contributed by atoms with E-state index in [0.717, 1.165) is 18.2 Å². The molecule has 0 spiro atoms. The largest absolute Gasteiger partial charge is 0.417 e. The summed E-state index contributed by atoms with van der Waals surface area (Å²) in [6.07, 6.45) is -8.97. The lowest BCUT2D eigenvalue weighted by molar-refractivity contribution is -0.139. The van der Waals surface area contributed by atoms with E-state index in [1.807, 2.05) is 4.90 Å². The van der Waals surface area contributed by atoms with Crippen molar-refractivity contribution in [2.75, 3.05) is 64.1 Å². The maximum atomic E-state index is 12.9. The Kier molecular flexibility index (Phi) is 9.26. The van der Waals surface area contributed by atoms with Crippen molar-refractivity contribution in [2.24, 2.45) is 0 Å². The third kappa shape index (κ3) is 7.98. The Labute approximate surface area is 209 Å². The molecule has 1 amide bonds. The van der Waals surface area contributed by atoms with Crippen LogP contribution in [0.5, 0.6) is 0 Å². The third-order valence-corrected chi connectivity index (χ3v) is 5.81. The topological polar surface area (TPSA) is 94.0 Å². The second-order valence-electron chi connectivity index (χ2n) is 8.51.